The molecule has 0 aliphatic heterocycles. The van der Waals surface area contributed by atoms with Crippen LogP contribution in [-0.4, -0.2) is 10.5 Å². The summed E-state index contributed by atoms with van der Waals surface area (Å²) in [5, 5.41) is 12.0. The third kappa shape index (κ3) is 10.9. The Kier molecular flexibility index (Phi) is 147. The van der Waals surface area contributed by atoms with Gasteiger partial charge < -0.3 is 0 Å². The summed E-state index contributed by atoms with van der Waals surface area (Å²) in [7, 11) is 0. The van der Waals surface area contributed by atoms with Gasteiger partial charge in [0, 0.05) is 39.0 Å². The molecule has 0 spiro atoms. The van der Waals surface area contributed by atoms with E-state index in [9.17, 15) is 0 Å². The van der Waals surface area contributed by atoms with Gasteiger partial charge in [0.25, 0.3) is 0 Å². The monoisotopic (exact) mass is 240 g/mol. The first kappa shape index (κ1) is 19.1. The van der Waals surface area contributed by atoms with Crippen molar-refractivity contribution >= 4 is 0 Å². The zero-order valence-corrected chi connectivity index (χ0v) is 4.84. The Labute approximate surface area is 49.7 Å². The molecule has 32 valence electrons. The molecular weight excluding hydrogens is 238 g/mol. The molecule has 0 bridgehead atoms. The molecule has 0 aromatic heterocycles. The van der Waals surface area contributed by atoms with E-state index in [0.29, 0.717) is 0 Å². The molecule has 0 aromatic carbocycles. The van der Waals surface area contributed by atoms with Gasteiger partial charge in [-0.3, -0.25) is 10.5 Å². The Morgan fingerprint density at radius 3 is 0.750 bits per heavy atom. The van der Waals surface area contributed by atoms with Crippen LogP contribution in [0.2, 0.25) is 0 Å². The maximum absolute atomic E-state index is 6.00. The average molecular weight is 240 g/mol. The molecular formula is H2O2Rh2. The Bertz CT molecular complexity index is 4.00. The second-order valence-electron chi connectivity index (χ2n) is 0. The standard InChI is InChI=1S/H2O2.2Rh/c1-2;;/h1-2H;;. The molecule has 0 saturated carbocycles. The minimum atomic E-state index is 0. The van der Waals surface area contributed by atoms with Gasteiger partial charge in [-0.25, -0.2) is 0 Å². The SMILES string of the molecule is OO.[Rh].[Rh]. The van der Waals surface area contributed by atoms with Crippen molar-refractivity contribution in [3.63, 3.8) is 0 Å². The largest absolute Gasteiger partial charge is 0.255 e. The fourth-order valence-electron chi connectivity index (χ4n) is 0. The maximum atomic E-state index is 6.00. The Balaban J connectivity index is -0.00000000500. The van der Waals surface area contributed by atoms with Gasteiger partial charge in [-0.15, -0.1) is 0 Å². The normalized spacial score (nSPS) is 1.50. The van der Waals surface area contributed by atoms with Crippen LogP contribution in [0.15, 0.2) is 0 Å². The summed E-state index contributed by atoms with van der Waals surface area (Å²) in [6.07, 6.45) is 0. The first-order valence-corrected chi connectivity index (χ1v) is 0.200. The van der Waals surface area contributed by atoms with E-state index in [4.69, 9.17) is 10.5 Å². The van der Waals surface area contributed by atoms with Gasteiger partial charge in [0.05, 0.1) is 0 Å². The molecule has 0 saturated heterocycles. The van der Waals surface area contributed by atoms with Crippen molar-refractivity contribution in [2.45, 2.75) is 0 Å². The zero-order valence-electron chi connectivity index (χ0n) is 1.56. The molecule has 4 heavy (non-hydrogen) atoms. The Morgan fingerprint density at radius 1 is 0.750 bits per heavy atom. The van der Waals surface area contributed by atoms with Crippen molar-refractivity contribution in [3.8, 4) is 0 Å². The van der Waals surface area contributed by atoms with E-state index < -0.39 is 0 Å². The predicted molar refractivity (Wildman–Crippen MR) is 5.26 cm³/mol. The van der Waals surface area contributed by atoms with E-state index in [-0.39, 0.29) is 39.0 Å². The summed E-state index contributed by atoms with van der Waals surface area (Å²) in [6, 6.07) is 0. The molecule has 0 aromatic rings. The van der Waals surface area contributed by atoms with Crippen LogP contribution in [0.25, 0.3) is 0 Å². The van der Waals surface area contributed by atoms with Crippen LogP contribution in [0.1, 0.15) is 0 Å². The summed E-state index contributed by atoms with van der Waals surface area (Å²) >= 11 is 0. The molecule has 2 nitrogen and oxygen atoms in total. The van der Waals surface area contributed by atoms with Gasteiger partial charge in [0.1, 0.15) is 0 Å². The molecule has 0 amide bonds. The van der Waals surface area contributed by atoms with E-state index in [0.717, 1.165) is 0 Å². The molecule has 0 rings (SSSR count). The Morgan fingerprint density at radius 2 is 0.750 bits per heavy atom. The van der Waals surface area contributed by atoms with Gasteiger partial charge in [-0.2, -0.15) is 0 Å². The predicted octanol–water partition coefficient (Wildman–Crippen LogP) is 0.0124. The van der Waals surface area contributed by atoms with Crippen LogP contribution in [-0.2, 0) is 39.0 Å². The summed E-state index contributed by atoms with van der Waals surface area (Å²) in [5.74, 6) is 0. The van der Waals surface area contributed by atoms with Crippen molar-refractivity contribution in [3.05, 3.63) is 0 Å². The molecule has 0 unspecified atom stereocenters. The Hall–Kier alpha value is 1.17. The third-order valence-electron chi connectivity index (χ3n) is 0. The number of hydrogen-bond donors (Lipinski definition) is 2. The zero-order chi connectivity index (χ0) is 2.00. The molecule has 0 fully saturated rings. The fourth-order valence-corrected chi connectivity index (χ4v) is 0. The fraction of sp³-hybridized carbons (Fsp3) is 0. The van der Waals surface area contributed by atoms with Crippen molar-refractivity contribution < 1.29 is 49.5 Å². The second kappa shape index (κ2) is 30.7. The van der Waals surface area contributed by atoms with E-state index in [2.05, 4.69) is 0 Å². The number of rotatable bonds is 0. The molecule has 0 aliphatic rings. The van der Waals surface area contributed by atoms with E-state index in [1.54, 1.807) is 0 Å². The van der Waals surface area contributed by atoms with E-state index in [1.165, 1.54) is 0 Å². The molecule has 0 heterocycles. The molecule has 0 atom stereocenters. The first-order chi connectivity index (χ1) is 1.00. The third-order valence-corrected chi connectivity index (χ3v) is 0. The van der Waals surface area contributed by atoms with Crippen LogP contribution in [0.4, 0.5) is 0 Å². The first-order valence-electron chi connectivity index (χ1n) is 0.200. The molecule has 0 aliphatic carbocycles. The smallest absolute Gasteiger partial charge is 0 e. The van der Waals surface area contributed by atoms with Crippen LogP contribution in [0.3, 0.4) is 0 Å². The minimum Gasteiger partial charge on any atom is -0.255 e. The van der Waals surface area contributed by atoms with Crippen LogP contribution >= 0.6 is 0 Å². The maximum Gasteiger partial charge on any atom is 0 e. The topological polar surface area (TPSA) is 40.5 Å². The summed E-state index contributed by atoms with van der Waals surface area (Å²) in [6.45, 7) is 0. The van der Waals surface area contributed by atoms with Crippen molar-refractivity contribution in [1.82, 2.24) is 0 Å². The molecule has 4 heteroatoms. The second-order valence-corrected chi connectivity index (χ2v) is 0. The van der Waals surface area contributed by atoms with Crippen molar-refractivity contribution in [1.29, 1.82) is 0 Å². The minimum absolute atomic E-state index is 0. The molecule has 2 N–H and O–H groups in total. The van der Waals surface area contributed by atoms with Gasteiger partial charge >= 0.3 is 0 Å². The van der Waals surface area contributed by atoms with Gasteiger partial charge in [-0.1, -0.05) is 0 Å². The molecule has 2 radical (unpaired) electrons. The van der Waals surface area contributed by atoms with Gasteiger partial charge in [0.2, 0.25) is 0 Å². The number of hydrogen-bond acceptors (Lipinski definition) is 2. The van der Waals surface area contributed by atoms with Crippen LogP contribution in [0.5, 0.6) is 0 Å². The van der Waals surface area contributed by atoms with Crippen LogP contribution < -0.4 is 0 Å². The average Bonchev–Trinajstić information content (AvgIpc) is 1.00. The quantitative estimate of drug-likeness (QED) is 0.355. The summed E-state index contributed by atoms with van der Waals surface area (Å²) in [4.78, 5) is 0. The van der Waals surface area contributed by atoms with Crippen molar-refractivity contribution in [2.75, 3.05) is 0 Å². The van der Waals surface area contributed by atoms with Gasteiger partial charge in [-0.05, 0) is 0 Å². The summed E-state index contributed by atoms with van der Waals surface area (Å²) < 4.78 is 0. The van der Waals surface area contributed by atoms with Gasteiger partial charge in [0.15, 0.2) is 0 Å². The summed E-state index contributed by atoms with van der Waals surface area (Å²) in [5.41, 5.74) is 0. The van der Waals surface area contributed by atoms with Crippen LogP contribution in [0, 0.1) is 0 Å². The van der Waals surface area contributed by atoms with E-state index >= 15 is 0 Å². The van der Waals surface area contributed by atoms with Crippen molar-refractivity contribution in [2.24, 2.45) is 0 Å². The van der Waals surface area contributed by atoms with E-state index in [1.807, 2.05) is 0 Å².